The fourth-order valence-electron chi connectivity index (χ4n) is 2.39. The van der Waals surface area contributed by atoms with Crippen LogP contribution < -0.4 is 4.74 Å². The van der Waals surface area contributed by atoms with Crippen molar-refractivity contribution >= 4 is 11.9 Å². The Morgan fingerprint density at radius 2 is 2.15 bits per heavy atom. The second-order valence-corrected chi connectivity index (χ2v) is 4.78. The van der Waals surface area contributed by atoms with E-state index in [2.05, 4.69) is 0 Å². The molecular weight excluding hydrogens is 262 g/mol. The lowest BCUT2D eigenvalue weighted by molar-refractivity contribution is -0.143. The number of ether oxygens (including phenoxy) is 1. The number of piperidine rings is 1. The number of nitrogens with zero attached hydrogens (tertiary/aromatic N) is 1. The van der Waals surface area contributed by atoms with Crippen LogP contribution in [0.15, 0.2) is 18.2 Å². The van der Waals surface area contributed by atoms with Gasteiger partial charge >= 0.3 is 5.97 Å². The Bertz CT molecular complexity index is 528. The summed E-state index contributed by atoms with van der Waals surface area (Å²) >= 11 is 0. The molecule has 1 aliphatic heterocycles. The summed E-state index contributed by atoms with van der Waals surface area (Å²) in [4.78, 5) is 24.9. The van der Waals surface area contributed by atoms with Crippen molar-refractivity contribution in [3.8, 4) is 11.5 Å². The van der Waals surface area contributed by atoms with E-state index in [0.29, 0.717) is 19.4 Å². The van der Waals surface area contributed by atoms with Crippen molar-refractivity contribution < 1.29 is 24.5 Å². The van der Waals surface area contributed by atoms with Crippen LogP contribution in [0.1, 0.15) is 23.2 Å². The molecule has 0 saturated carbocycles. The van der Waals surface area contributed by atoms with Crippen LogP contribution in [-0.4, -0.2) is 47.2 Å². The van der Waals surface area contributed by atoms with Gasteiger partial charge in [-0.25, -0.2) is 0 Å². The van der Waals surface area contributed by atoms with Gasteiger partial charge in [-0.3, -0.25) is 9.59 Å². The smallest absolute Gasteiger partial charge is 0.308 e. The highest BCUT2D eigenvalue weighted by atomic mass is 16.5. The van der Waals surface area contributed by atoms with Crippen molar-refractivity contribution in [1.29, 1.82) is 0 Å². The van der Waals surface area contributed by atoms with E-state index < -0.39 is 11.9 Å². The number of phenolic OH excluding ortho intramolecular Hbond substituents is 1. The molecule has 20 heavy (non-hydrogen) atoms. The molecule has 1 aromatic carbocycles. The average molecular weight is 279 g/mol. The van der Waals surface area contributed by atoms with Gasteiger partial charge in [0, 0.05) is 13.1 Å². The zero-order valence-electron chi connectivity index (χ0n) is 11.2. The standard InChI is InChI=1S/C14H17NO5/c1-20-11-6-2-5-10(12(11)16)13(17)15-7-3-4-9(8-15)14(18)19/h2,5-6,9,16H,3-4,7-8H2,1H3,(H,18,19). The fourth-order valence-corrected chi connectivity index (χ4v) is 2.39. The number of phenols is 1. The Morgan fingerprint density at radius 3 is 2.80 bits per heavy atom. The molecule has 0 spiro atoms. The predicted molar refractivity (Wildman–Crippen MR) is 70.9 cm³/mol. The van der Waals surface area contributed by atoms with Gasteiger partial charge in [0.25, 0.3) is 5.91 Å². The third-order valence-corrected chi connectivity index (χ3v) is 3.51. The van der Waals surface area contributed by atoms with Gasteiger partial charge in [-0.2, -0.15) is 0 Å². The molecule has 0 aliphatic carbocycles. The number of carboxylic acid groups (broad SMARTS) is 1. The zero-order valence-corrected chi connectivity index (χ0v) is 11.2. The van der Waals surface area contributed by atoms with E-state index in [0.717, 1.165) is 0 Å². The number of carbonyl (C=O) groups is 2. The number of carbonyl (C=O) groups excluding carboxylic acids is 1. The van der Waals surface area contributed by atoms with Gasteiger partial charge in [0.05, 0.1) is 18.6 Å². The van der Waals surface area contributed by atoms with Crippen LogP contribution in [0, 0.1) is 5.92 Å². The molecule has 108 valence electrons. The Morgan fingerprint density at radius 1 is 1.40 bits per heavy atom. The summed E-state index contributed by atoms with van der Waals surface area (Å²) in [5.41, 5.74) is 0.135. The first-order valence-corrected chi connectivity index (χ1v) is 6.42. The molecule has 1 saturated heterocycles. The van der Waals surface area contributed by atoms with Crippen molar-refractivity contribution in [3.63, 3.8) is 0 Å². The van der Waals surface area contributed by atoms with Crippen molar-refractivity contribution in [2.75, 3.05) is 20.2 Å². The largest absolute Gasteiger partial charge is 0.504 e. The van der Waals surface area contributed by atoms with Crippen molar-refractivity contribution in [2.45, 2.75) is 12.8 Å². The number of hydrogen-bond donors (Lipinski definition) is 2. The van der Waals surface area contributed by atoms with Crippen molar-refractivity contribution in [2.24, 2.45) is 5.92 Å². The fraction of sp³-hybridized carbons (Fsp3) is 0.429. The van der Waals surface area contributed by atoms with E-state index in [4.69, 9.17) is 9.84 Å². The minimum atomic E-state index is -0.891. The number of benzene rings is 1. The maximum absolute atomic E-state index is 12.4. The maximum atomic E-state index is 12.4. The molecule has 1 aromatic rings. The number of para-hydroxylation sites is 1. The molecule has 6 nitrogen and oxygen atoms in total. The molecule has 0 bridgehead atoms. The van der Waals surface area contributed by atoms with Crippen LogP contribution >= 0.6 is 0 Å². The lowest BCUT2D eigenvalue weighted by Crippen LogP contribution is -2.42. The third-order valence-electron chi connectivity index (χ3n) is 3.51. The Balaban J connectivity index is 2.21. The number of amides is 1. The average Bonchev–Trinajstić information content (AvgIpc) is 2.47. The molecule has 1 heterocycles. The van der Waals surface area contributed by atoms with Crippen LogP contribution in [0.2, 0.25) is 0 Å². The first-order chi connectivity index (χ1) is 9.54. The summed E-state index contributed by atoms with van der Waals surface area (Å²) in [5.74, 6) is -1.79. The van der Waals surface area contributed by atoms with Crippen molar-refractivity contribution in [1.82, 2.24) is 4.90 Å². The SMILES string of the molecule is COc1cccc(C(=O)N2CCCC(C(=O)O)C2)c1O. The van der Waals surface area contributed by atoms with Gasteiger partial charge in [0.2, 0.25) is 0 Å². The number of aromatic hydroxyl groups is 1. The highest BCUT2D eigenvalue weighted by Gasteiger charge is 2.30. The van der Waals surface area contributed by atoms with E-state index in [1.54, 1.807) is 12.1 Å². The molecule has 0 radical (unpaired) electrons. The number of hydrogen-bond acceptors (Lipinski definition) is 4. The minimum Gasteiger partial charge on any atom is -0.504 e. The number of rotatable bonds is 3. The zero-order chi connectivity index (χ0) is 14.7. The minimum absolute atomic E-state index is 0.135. The summed E-state index contributed by atoms with van der Waals surface area (Å²) < 4.78 is 4.97. The van der Waals surface area contributed by atoms with Gasteiger partial charge in [0.1, 0.15) is 0 Å². The molecule has 0 aromatic heterocycles. The first kappa shape index (κ1) is 14.2. The van der Waals surface area contributed by atoms with Gasteiger partial charge in [-0.05, 0) is 25.0 Å². The lowest BCUT2D eigenvalue weighted by atomic mass is 9.97. The monoisotopic (exact) mass is 279 g/mol. The molecule has 1 amide bonds. The van der Waals surface area contributed by atoms with E-state index in [9.17, 15) is 14.7 Å². The molecule has 2 rings (SSSR count). The summed E-state index contributed by atoms with van der Waals surface area (Å²) in [5, 5.41) is 19.0. The van der Waals surface area contributed by atoms with Crippen LogP contribution in [0.4, 0.5) is 0 Å². The van der Waals surface area contributed by atoms with E-state index in [1.165, 1.54) is 18.1 Å². The van der Waals surface area contributed by atoms with E-state index >= 15 is 0 Å². The number of methoxy groups -OCH3 is 1. The van der Waals surface area contributed by atoms with E-state index in [1.807, 2.05) is 0 Å². The molecule has 1 unspecified atom stereocenters. The van der Waals surface area contributed by atoms with Crippen LogP contribution in [0.5, 0.6) is 11.5 Å². The summed E-state index contributed by atoms with van der Waals surface area (Å²) in [6, 6.07) is 4.68. The van der Waals surface area contributed by atoms with Crippen molar-refractivity contribution in [3.05, 3.63) is 23.8 Å². The third kappa shape index (κ3) is 2.68. The topological polar surface area (TPSA) is 87.1 Å². The second kappa shape index (κ2) is 5.81. The molecule has 2 N–H and O–H groups in total. The van der Waals surface area contributed by atoms with Gasteiger partial charge in [0.15, 0.2) is 11.5 Å². The molecule has 1 atom stereocenters. The van der Waals surface area contributed by atoms with Gasteiger partial charge < -0.3 is 19.8 Å². The Kier molecular flexibility index (Phi) is 4.12. The molecule has 1 aliphatic rings. The molecule has 6 heteroatoms. The molecule has 1 fully saturated rings. The summed E-state index contributed by atoms with van der Waals surface area (Å²) in [7, 11) is 1.41. The summed E-state index contributed by atoms with van der Waals surface area (Å²) in [6.45, 7) is 0.671. The number of likely N-dealkylation sites (tertiary alicyclic amines) is 1. The van der Waals surface area contributed by atoms with Gasteiger partial charge in [-0.15, -0.1) is 0 Å². The quantitative estimate of drug-likeness (QED) is 0.871. The molecular formula is C14H17NO5. The summed E-state index contributed by atoms with van der Waals surface area (Å²) in [6.07, 6.45) is 1.22. The van der Waals surface area contributed by atoms with Crippen LogP contribution in [-0.2, 0) is 4.79 Å². The maximum Gasteiger partial charge on any atom is 0.308 e. The highest BCUT2D eigenvalue weighted by Crippen LogP contribution is 2.31. The van der Waals surface area contributed by atoms with Gasteiger partial charge in [-0.1, -0.05) is 6.07 Å². The number of aliphatic carboxylic acids is 1. The normalized spacial score (nSPS) is 18.6. The lowest BCUT2D eigenvalue weighted by Gasteiger charge is -2.31. The van der Waals surface area contributed by atoms with Crippen LogP contribution in [0.3, 0.4) is 0 Å². The van der Waals surface area contributed by atoms with Crippen LogP contribution in [0.25, 0.3) is 0 Å². The highest BCUT2D eigenvalue weighted by molar-refractivity contribution is 5.98. The Labute approximate surface area is 116 Å². The second-order valence-electron chi connectivity index (χ2n) is 4.78. The Hall–Kier alpha value is -2.24. The first-order valence-electron chi connectivity index (χ1n) is 6.42. The van der Waals surface area contributed by atoms with E-state index in [-0.39, 0.29) is 29.5 Å². The predicted octanol–water partition coefficient (Wildman–Crippen LogP) is 1.34. The number of carboxylic acids is 1.